The molecule has 0 saturated heterocycles. The van der Waals surface area contributed by atoms with Gasteiger partial charge in [-0.3, -0.25) is 15.0 Å². The molecule has 1 unspecified atom stereocenters. The molecule has 0 bridgehead atoms. The summed E-state index contributed by atoms with van der Waals surface area (Å²) >= 11 is 0. The summed E-state index contributed by atoms with van der Waals surface area (Å²) in [5.41, 5.74) is 1.09. The predicted octanol–water partition coefficient (Wildman–Crippen LogP) is 3.25. The molecule has 0 saturated carbocycles. The molecule has 0 aliphatic carbocycles. The van der Waals surface area contributed by atoms with Crippen LogP contribution in [0.4, 0.5) is 5.69 Å². The second-order valence-corrected chi connectivity index (χ2v) is 5.91. The first kappa shape index (κ1) is 18.9. The number of ether oxygens (including phenoxy) is 1. The van der Waals surface area contributed by atoms with E-state index >= 15 is 0 Å². The SMILES string of the molecule is CCCN(Cc1ccccc1)CC(O)COc1ccccc1[N+](=O)[O-]. The number of para-hydroxylation sites is 2. The van der Waals surface area contributed by atoms with E-state index < -0.39 is 11.0 Å². The number of nitrogens with zero attached hydrogens (tertiary/aromatic N) is 2. The Bertz CT molecular complexity index is 663. The Kier molecular flexibility index (Phi) is 7.37. The third kappa shape index (κ3) is 6.17. The number of benzene rings is 2. The smallest absolute Gasteiger partial charge is 0.310 e. The third-order valence-electron chi connectivity index (χ3n) is 3.75. The minimum Gasteiger partial charge on any atom is -0.484 e. The molecule has 2 rings (SSSR count). The molecule has 6 heteroatoms. The van der Waals surface area contributed by atoms with Crippen LogP contribution < -0.4 is 4.74 Å². The Morgan fingerprint density at radius 3 is 2.52 bits per heavy atom. The van der Waals surface area contributed by atoms with E-state index in [4.69, 9.17) is 4.74 Å². The summed E-state index contributed by atoms with van der Waals surface area (Å²) in [5.74, 6) is 0.177. The summed E-state index contributed by atoms with van der Waals surface area (Å²) in [6.45, 7) is 4.16. The van der Waals surface area contributed by atoms with Gasteiger partial charge in [0, 0.05) is 19.2 Å². The van der Waals surface area contributed by atoms with Crippen LogP contribution in [-0.4, -0.2) is 40.7 Å². The second-order valence-electron chi connectivity index (χ2n) is 5.91. The van der Waals surface area contributed by atoms with Gasteiger partial charge in [-0.25, -0.2) is 0 Å². The van der Waals surface area contributed by atoms with Crippen molar-refractivity contribution in [1.29, 1.82) is 0 Å². The lowest BCUT2D eigenvalue weighted by molar-refractivity contribution is -0.385. The molecule has 0 fully saturated rings. The monoisotopic (exact) mass is 344 g/mol. The van der Waals surface area contributed by atoms with E-state index in [0.717, 1.165) is 19.5 Å². The fraction of sp³-hybridized carbons (Fsp3) is 0.368. The number of nitro benzene ring substituents is 1. The van der Waals surface area contributed by atoms with Crippen molar-refractivity contribution in [3.05, 3.63) is 70.3 Å². The Morgan fingerprint density at radius 2 is 1.84 bits per heavy atom. The first-order chi connectivity index (χ1) is 12.1. The van der Waals surface area contributed by atoms with Crippen molar-refractivity contribution in [1.82, 2.24) is 4.90 Å². The molecule has 0 aromatic heterocycles. The number of hydrogen-bond donors (Lipinski definition) is 1. The predicted molar refractivity (Wildman–Crippen MR) is 96.6 cm³/mol. The van der Waals surface area contributed by atoms with E-state index in [1.807, 2.05) is 18.2 Å². The Labute approximate surface area is 147 Å². The van der Waals surface area contributed by atoms with Gasteiger partial charge in [-0.15, -0.1) is 0 Å². The van der Waals surface area contributed by atoms with Crippen LogP contribution >= 0.6 is 0 Å². The van der Waals surface area contributed by atoms with Crippen molar-refractivity contribution >= 4 is 5.69 Å². The molecule has 0 aliphatic rings. The lowest BCUT2D eigenvalue weighted by atomic mass is 10.2. The van der Waals surface area contributed by atoms with Crippen molar-refractivity contribution in [2.75, 3.05) is 19.7 Å². The highest BCUT2D eigenvalue weighted by atomic mass is 16.6. The van der Waals surface area contributed by atoms with Gasteiger partial charge < -0.3 is 9.84 Å². The highest BCUT2D eigenvalue weighted by Crippen LogP contribution is 2.25. The van der Waals surface area contributed by atoms with Crippen LogP contribution in [0.5, 0.6) is 5.75 Å². The van der Waals surface area contributed by atoms with Gasteiger partial charge in [-0.2, -0.15) is 0 Å². The molecule has 2 aromatic rings. The van der Waals surface area contributed by atoms with Crippen molar-refractivity contribution in [3.8, 4) is 5.75 Å². The zero-order valence-corrected chi connectivity index (χ0v) is 14.4. The van der Waals surface area contributed by atoms with Crippen molar-refractivity contribution in [2.24, 2.45) is 0 Å². The number of nitro groups is 1. The molecular weight excluding hydrogens is 320 g/mol. The molecule has 0 amide bonds. The fourth-order valence-electron chi connectivity index (χ4n) is 2.66. The summed E-state index contributed by atoms with van der Waals surface area (Å²) in [6, 6.07) is 16.3. The quantitative estimate of drug-likeness (QED) is 0.529. The van der Waals surface area contributed by atoms with Crippen molar-refractivity contribution < 1.29 is 14.8 Å². The largest absolute Gasteiger partial charge is 0.484 e. The van der Waals surface area contributed by atoms with Gasteiger partial charge in [0.1, 0.15) is 12.7 Å². The topological polar surface area (TPSA) is 75.8 Å². The maximum Gasteiger partial charge on any atom is 0.310 e. The normalized spacial score (nSPS) is 12.1. The van der Waals surface area contributed by atoms with Crippen LogP contribution in [0.2, 0.25) is 0 Å². The maximum absolute atomic E-state index is 11.0. The lowest BCUT2D eigenvalue weighted by Gasteiger charge is -2.24. The number of rotatable bonds is 10. The number of aliphatic hydroxyl groups is 1. The van der Waals surface area contributed by atoms with Gasteiger partial charge in [0.15, 0.2) is 5.75 Å². The highest BCUT2D eigenvalue weighted by molar-refractivity contribution is 5.45. The zero-order valence-electron chi connectivity index (χ0n) is 14.4. The average molecular weight is 344 g/mol. The van der Waals surface area contributed by atoms with E-state index in [-0.39, 0.29) is 18.0 Å². The number of aliphatic hydroxyl groups excluding tert-OH is 1. The molecule has 6 nitrogen and oxygen atoms in total. The summed E-state index contributed by atoms with van der Waals surface area (Å²) in [5, 5.41) is 21.3. The van der Waals surface area contributed by atoms with Crippen LogP contribution in [0, 0.1) is 10.1 Å². The second kappa shape index (κ2) is 9.76. The maximum atomic E-state index is 11.0. The van der Waals surface area contributed by atoms with Gasteiger partial charge in [0.25, 0.3) is 0 Å². The van der Waals surface area contributed by atoms with E-state index in [1.54, 1.807) is 18.2 Å². The van der Waals surface area contributed by atoms with Gasteiger partial charge >= 0.3 is 5.69 Å². The molecule has 134 valence electrons. The summed E-state index contributed by atoms with van der Waals surface area (Å²) in [7, 11) is 0. The standard InChI is InChI=1S/C19H24N2O4/c1-2-12-20(13-16-8-4-3-5-9-16)14-17(22)15-25-19-11-7-6-10-18(19)21(23)24/h3-11,17,22H,2,12-15H2,1H3. The van der Waals surface area contributed by atoms with Crippen LogP contribution in [-0.2, 0) is 6.54 Å². The molecule has 0 spiro atoms. The van der Waals surface area contributed by atoms with Crippen LogP contribution in [0.15, 0.2) is 54.6 Å². The molecule has 0 radical (unpaired) electrons. The Balaban J connectivity index is 1.91. The van der Waals surface area contributed by atoms with Gasteiger partial charge in [0.05, 0.1) is 4.92 Å². The van der Waals surface area contributed by atoms with Crippen LogP contribution in [0.25, 0.3) is 0 Å². The van der Waals surface area contributed by atoms with Crippen molar-refractivity contribution in [2.45, 2.75) is 26.0 Å². The minimum absolute atomic E-state index is 0.0137. The lowest BCUT2D eigenvalue weighted by Crippen LogP contribution is -2.35. The molecule has 2 aromatic carbocycles. The Hall–Kier alpha value is -2.44. The molecule has 1 N–H and O–H groups in total. The summed E-state index contributed by atoms with van der Waals surface area (Å²) in [6.07, 6.45) is 0.250. The molecule has 1 atom stereocenters. The van der Waals surface area contributed by atoms with Crippen LogP contribution in [0.1, 0.15) is 18.9 Å². The first-order valence-electron chi connectivity index (χ1n) is 8.40. The van der Waals surface area contributed by atoms with Gasteiger partial charge in [-0.05, 0) is 24.6 Å². The fourth-order valence-corrected chi connectivity index (χ4v) is 2.66. The van der Waals surface area contributed by atoms with Crippen molar-refractivity contribution in [3.63, 3.8) is 0 Å². The Morgan fingerprint density at radius 1 is 1.16 bits per heavy atom. The molecule has 0 aliphatic heterocycles. The highest BCUT2D eigenvalue weighted by Gasteiger charge is 2.17. The molecular formula is C19H24N2O4. The van der Waals surface area contributed by atoms with Gasteiger partial charge in [-0.1, -0.05) is 49.4 Å². The minimum atomic E-state index is -0.727. The third-order valence-corrected chi connectivity index (χ3v) is 3.75. The average Bonchev–Trinajstić information content (AvgIpc) is 2.61. The van der Waals surface area contributed by atoms with E-state index in [0.29, 0.717) is 6.54 Å². The summed E-state index contributed by atoms with van der Waals surface area (Å²) < 4.78 is 5.47. The van der Waals surface area contributed by atoms with Crippen LogP contribution in [0.3, 0.4) is 0 Å². The zero-order chi connectivity index (χ0) is 18.1. The number of hydrogen-bond acceptors (Lipinski definition) is 5. The molecule has 0 heterocycles. The van der Waals surface area contributed by atoms with E-state index in [9.17, 15) is 15.2 Å². The van der Waals surface area contributed by atoms with E-state index in [1.165, 1.54) is 11.6 Å². The summed E-state index contributed by atoms with van der Waals surface area (Å²) in [4.78, 5) is 12.7. The van der Waals surface area contributed by atoms with E-state index in [2.05, 4.69) is 24.0 Å². The van der Waals surface area contributed by atoms with Gasteiger partial charge in [0.2, 0.25) is 0 Å². The molecule has 25 heavy (non-hydrogen) atoms. The first-order valence-corrected chi connectivity index (χ1v) is 8.40.